The first-order chi connectivity index (χ1) is 9.00. The predicted octanol–water partition coefficient (Wildman–Crippen LogP) is 1.76. The first kappa shape index (κ1) is 13.9. The van der Waals surface area contributed by atoms with Crippen molar-refractivity contribution in [1.82, 2.24) is 4.90 Å². The van der Waals surface area contributed by atoms with Gasteiger partial charge in [-0.3, -0.25) is 4.79 Å². The van der Waals surface area contributed by atoms with Gasteiger partial charge in [-0.25, -0.2) is 0 Å². The van der Waals surface area contributed by atoms with Gasteiger partial charge in [0.1, 0.15) is 0 Å². The summed E-state index contributed by atoms with van der Waals surface area (Å²) >= 11 is 0. The minimum absolute atomic E-state index is 0.00814. The number of carbonyl (C=O) groups is 1. The molecule has 0 radical (unpaired) electrons. The molecule has 2 unspecified atom stereocenters. The van der Waals surface area contributed by atoms with Crippen molar-refractivity contribution in [3.63, 3.8) is 0 Å². The second-order valence-corrected chi connectivity index (χ2v) is 5.49. The summed E-state index contributed by atoms with van der Waals surface area (Å²) in [6.07, 6.45) is 2.39. The molecule has 104 valence electrons. The Kier molecular flexibility index (Phi) is 4.10. The number of amides is 1. The van der Waals surface area contributed by atoms with Gasteiger partial charge in [-0.05, 0) is 30.5 Å². The van der Waals surface area contributed by atoms with Crippen molar-refractivity contribution in [1.29, 1.82) is 0 Å². The van der Waals surface area contributed by atoms with Crippen LogP contribution in [0.3, 0.4) is 0 Å². The maximum atomic E-state index is 12.0. The molecule has 4 nitrogen and oxygen atoms in total. The van der Waals surface area contributed by atoms with Crippen LogP contribution in [-0.2, 0) is 4.79 Å². The van der Waals surface area contributed by atoms with Crippen LogP contribution in [0, 0.1) is 0 Å². The smallest absolute Gasteiger partial charge is 0.222 e. The molecule has 0 aliphatic carbocycles. The molecule has 19 heavy (non-hydrogen) atoms. The summed E-state index contributed by atoms with van der Waals surface area (Å²) < 4.78 is 0. The summed E-state index contributed by atoms with van der Waals surface area (Å²) in [5.74, 6) is 0.189. The van der Waals surface area contributed by atoms with Crippen LogP contribution in [0.5, 0.6) is 0 Å². The van der Waals surface area contributed by atoms with Gasteiger partial charge in [-0.15, -0.1) is 0 Å². The number of rotatable bonds is 2. The Morgan fingerprint density at radius 1 is 1.26 bits per heavy atom. The summed E-state index contributed by atoms with van der Waals surface area (Å²) in [4.78, 5) is 15.8. The van der Waals surface area contributed by atoms with Crippen LogP contribution >= 0.6 is 0 Å². The zero-order valence-corrected chi connectivity index (χ0v) is 12.0. The van der Waals surface area contributed by atoms with Crippen molar-refractivity contribution < 1.29 is 4.79 Å². The van der Waals surface area contributed by atoms with E-state index < -0.39 is 0 Å². The summed E-state index contributed by atoms with van der Waals surface area (Å²) in [6, 6.07) is 8.31. The van der Waals surface area contributed by atoms with E-state index in [0.29, 0.717) is 6.42 Å². The quantitative estimate of drug-likeness (QED) is 0.882. The number of likely N-dealkylation sites (N-methyl/N-ethyl adjacent to an activating group) is 1. The third kappa shape index (κ3) is 2.89. The highest BCUT2D eigenvalue weighted by molar-refractivity contribution is 5.76. The Hall–Kier alpha value is -1.55. The first-order valence-corrected chi connectivity index (χ1v) is 6.79. The van der Waals surface area contributed by atoms with E-state index in [2.05, 4.69) is 29.2 Å². The number of hydrogen-bond acceptors (Lipinski definition) is 3. The number of likely N-dealkylation sites (tertiary alicyclic amines) is 1. The molecule has 2 N–H and O–H groups in total. The number of anilines is 1. The molecule has 0 bridgehead atoms. The number of hydrogen-bond donors (Lipinski definition) is 1. The van der Waals surface area contributed by atoms with Crippen molar-refractivity contribution in [2.45, 2.75) is 31.3 Å². The van der Waals surface area contributed by atoms with Gasteiger partial charge in [0.25, 0.3) is 0 Å². The Bertz CT molecular complexity index is 441. The molecule has 0 aromatic heterocycles. The lowest BCUT2D eigenvalue weighted by atomic mass is 9.96. The van der Waals surface area contributed by atoms with Gasteiger partial charge in [0, 0.05) is 39.3 Å². The number of nitrogens with zero attached hydrogens (tertiary/aromatic N) is 2. The standard InChI is InChI=1S/C15H23N3O/c1-17(2)12-9-7-11(8-10-12)15-13(16)5-4-6-14(19)18(15)3/h7-10,13,15H,4-6,16H2,1-3H3. The summed E-state index contributed by atoms with van der Waals surface area (Å²) in [5, 5.41) is 0. The maximum Gasteiger partial charge on any atom is 0.222 e. The Balaban J connectivity index is 2.28. The van der Waals surface area contributed by atoms with Gasteiger partial charge >= 0.3 is 0 Å². The van der Waals surface area contributed by atoms with Crippen LogP contribution < -0.4 is 10.6 Å². The fourth-order valence-corrected chi connectivity index (χ4v) is 2.71. The molecule has 1 fully saturated rings. The lowest BCUT2D eigenvalue weighted by molar-refractivity contribution is -0.131. The van der Waals surface area contributed by atoms with E-state index in [1.807, 2.05) is 26.0 Å². The van der Waals surface area contributed by atoms with Gasteiger partial charge in [0.2, 0.25) is 5.91 Å². The molecular weight excluding hydrogens is 238 g/mol. The lowest BCUT2D eigenvalue weighted by Crippen LogP contribution is -2.39. The average Bonchev–Trinajstić information content (AvgIpc) is 2.50. The van der Waals surface area contributed by atoms with E-state index in [4.69, 9.17) is 5.73 Å². The molecule has 0 saturated carbocycles. The van der Waals surface area contributed by atoms with Crippen LogP contribution in [0.2, 0.25) is 0 Å². The summed E-state index contributed by atoms with van der Waals surface area (Å²) in [5.41, 5.74) is 8.53. The SMILES string of the molecule is CN(C)c1ccc(C2C(N)CCCC(=O)N2C)cc1. The van der Waals surface area contributed by atoms with E-state index in [1.165, 1.54) is 0 Å². The molecule has 1 amide bonds. The number of nitrogens with two attached hydrogens (primary N) is 1. The highest BCUT2D eigenvalue weighted by atomic mass is 16.2. The third-order valence-electron chi connectivity index (χ3n) is 3.90. The van der Waals surface area contributed by atoms with E-state index >= 15 is 0 Å². The van der Waals surface area contributed by atoms with Crippen molar-refractivity contribution in [2.75, 3.05) is 26.0 Å². The van der Waals surface area contributed by atoms with Crippen molar-refractivity contribution >= 4 is 11.6 Å². The van der Waals surface area contributed by atoms with E-state index in [0.717, 1.165) is 24.1 Å². The minimum atomic E-state index is -0.00814. The molecule has 1 aromatic rings. The van der Waals surface area contributed by atoms with E-state index in [9.17, 15) is 4.79 Å². The maximum absolute atomic E-state index is 12.0. The van der Waals surface area contributed by atoms with Crippen molar-refractivity contribution in [2.24, 2.45) is 5.73 Å². The first-order valence-electron chi connectivity index (χ1n) is 6.79. The third-order valence-corrected chi connectivity index (χ3v) is 3.90. The second kappa shape index (κ2) is 5.61. The Morgan fingerprint density at radius 3 is 2.47 bits per heavy atom. The fourth-order valence-electron chi connectivity index (χ4n) is 2.71. The van der Waals surface area contributed by atoms with Crippen molar-refractivity contribution in [3.05, 3.63) is 29.8 Å². The van der Waals surface area contributed by atoms with Gasteiger partial charge in [-0.2, -0.15) is 0 Å². The Labute approximate surface area is 115 Å². The zero-order chi connectivity index (χ0) is 14.0. The molecule has 1 aromatic carbocycles. The zero-order valence-electron chi connectivity index (χ0n) is 12.0. The van der Waals surface area contributed by atoms with Gasteiger partial charge < -0.3 is 15.5 Å². The molecule has 1 aliphatic heterocycles. The fraction of sp³-hybridized carbons (Fsp3) is 0.533. The normalized spacial score (nSPS) is 24.2. The van der Waals surface area contributed by atoms with Crippen LogP contribution in [0.1, 0.15) is 30.9 Å². The van der Waals surface area contributed by atoms with Crippen molar-refractivity contribution in [3.8, 4) is 0 Å². The summed E-state index contributed by atoms with van der Waals surface area (Å²) in [6.45, 7) is 0. The van der Waals surface area contributed by atoms with E-state index in [-0.39, 0.29) is 18.0 Å². The van der Waals surface area contributed by atoms with Crippen LogP contribution in [0.15, 0.2) is 24.3 Å². The van der Waals surface area contributed by atoms with Crippen LogP contribution in [0.25, 0.3) is 0 Å². The molecule has 2 atom stereocenters. The largest absolute Gasteiger partial charge is 0.378 e. The molecule has 1 saturated heterocycles. The predicted molar refractivity (Wildman–Crippen MR) is 78.1 cm³/mol. The molecular formula is C15H23N3O. The number of carbonyl (C=O) groups excluding carboxylic acids is 1. The van der Waals surface area contributed by atoms with Gasteiger partial charge in [0.05, 0.1) is 6.04 Å². The van der Waals surface area contributed by atoms with Gasteiger partial charge in [-0.1, -0.05) is 12.1 Å². The molecule has 0 spiro atoms. The molecule has 1 heterocycles. The Morgan fingerprint density at radius 2 is 1.89 bits per heavy atom. The van der Waals surface area contributed by atoms with Crippen LogP contribution in [-0.4, -0.2) is 38.0 Å². The molecule has 2 rings (SSSR count). The number of benzene rings is 1. The topological polar surface area (TPSA) is 49.6 Å². The molecule has 1 aliphatic rings. The summed E-state index contributed by atoms with van der Waals surface area (Å²) in [7, 11) is 5.89. The van der Waals surface area contributed by atoms with Crippen LogP contribution in [0.4, 0.5) is 5.69 Å². The highest BCUT2D eigenvalue weighted by Gasteiger charge is 2.30. The lowest BCUT2D eigenvalue weighted by Gasteiger charge is -2.31. The molecule has 4 heteroatoms. The minimum Gasteiger partial charge on any atom is -0.378 e. The second-order valence-electron chi connectivity index (χ2n) is 5.49. The monoisotopic (exact) mass is 261 g/mol. The van der Waals surface area contributed by atoms with Gasteiger partial charge in [0.15, 0.2) is 0 Å². The highest BCUT2D eigenvalue weighted by Crippen LogP contribution is 2.29. The average molecular weight is 261 g/mol. The van der Waals surface area contributed by atoms with E-state index in [1.54, 1.807) is 0 Å².